The van der Waals surface area contributed by atoms with Gasteiger partial charge in [-0.05, 0) is 69.2 Å². The number of rotatable bonds is 12. The molecule has 1 aliphatic rings. The average Bonchev–Trinajstić information content (AvgIpc) is 3.00. The highest BCUT2D eigenvalue weighted by atomic mass is 16.6. The molecule has 2 unspecified atom stereocenters. The van der Waals surface area contributed by atoms with Crippen LogP contribution in [0.1, 0.15) is 65.0 Å². The third-order valence-corrected chi connectivity index (χ3v) is 7.41. The van der Waals surface area contributed by atoms with E-state index in [4.69, 9.17) is 14.2 Å². The van der Waals surface area contributed by atoms with Gasteiger partial charge in [-0.25, -0.2) is 14.4 Å². The number of carbonyl (C=O) groups excluding carboxylic acids is 5. The summed E-state index contributed by atoms with van der Waals surface area (Å²) in [6.07, 6.45) is 0.793. The lowest BCUT2D eigenvalue weighted by Gasteiger charge is -2.31. The number of hydrogen-bond donors (Lipinski definition) is 3. The number of nitrogens with zero attached hydrogens (tertiary/aromatic N) is 1. The number of likely N-dealkylation sites (tertiary alicyclic amines) is 1. The van der Waals surface area contributed by atoms with Crippen molar-refractivity contribution in [2.24, 2.45) is 5.92 Å². The number of methoxy groups -OCH3 is 1. The highest BCUT2D eigenvalue weighted by Gasteiger charge is 2.30. The molecule has 2 aromatic rings. The molecule has 1 fully saturated rings. The minimum Gasteiger partial charge on any atom is -0.467 e. The molecule has 0 aliphatic carbocycles. The van der Waals surface area contributed by atoms with Crippen molar-refractivity contribution in [3.63, 3.8) is 0 Å². The molecule has 2 atom stereocenters. The molecule has 3 N–H and O–H groups in total. The number of carbonyl (C=O) groups is 5. The zero-order valence-electron chi connectivity index (χ0n) is 28.2. The largest absolute Gasteiger partial charge is 0.467 e. The van der Waals surface area contributed by atoms with Crippen LogP contribution in [0.25, 0.3) is 0 Å². The van der Waals surface area contributed by atoms with Gasteiger partial charge in [0, 0.05) is 25.6 Å². The van der Waals surface area contributed by atoms with E-state index in [9.17, 15) is 24.0 Å². The number of nitrogens with one attached hydrogen (secondary N) is 3. The maximum Gasteiger partial charge on any atom is 0.415 e. The number of hydrogen-bond acceptors (Lipinski definition) is 8. The molecular formula is C35H48N4O8. The fourth-order valence-corrected chi connectivity index (χ4v) is 5.12. The number of alkyl carbamates (subject to hydrolysis) is 1. The van der Waals surface area contributed by atoms with Crippen molar-refractivity contribution < 1.29 is 38.2 Å². The zero-order valence-corrected chi connectivity index (χ0v) is 28.2. The topological polar surface area (TPSA) is 152 Å². The lowest BCUT2D eigenvalue weighted by atomic mass is 10.0. The van der Waals surface area contributed by atoms with Crippen molar-refractivity contribution in [1.29, 1.82) is 0 Å². The van der Waals surface area contributed by atoms with Gasteiger partial charge in [-0.2, -0.15) is 0 Å². The molecule has 3 rings (SSSR count). The monoisotopic (exact) mass is 652 g/mol. The SMILES string of the molecule is COC(=O)C(Cc1ccc(OC(=O)N2CCC(NC(=O)Cc3ccccc3)CC2)cc1)NC(=O)C(CC(C)C)NC(=O)OC(C)(C)C. The van der Waals surface area contributed by atoms with Gasteiger partial charge < -0.3 is 35.1 Å². The molecule has 47 heavy (non-hydrogen) atoms. The Morgan fingerprint density at radius 2 is 1.51 bits per heavy atom. The summed E-state index contributed by atoms with van der Waals surface area (Å²) < 4.78 is 15.8. The highest BCUT2D eigenvalue weighted by Crippen LogP contribution is 2.18. The number of piperidine rings is 1. The molecular weight excluding hydrogens is 604 g/mol. The molecule has 0 radical (unpaired) electrons. The van der Waals surface area contributed by atoms with Crippen molar-refractivity contribution >= 4 is 30.0 Å². The van der Waals surface area contributed by atoms with Crippen molar-refractivity contribution in [3.05, 3.63) is 65.7 Å². The van der Waals surface area contributed by atoms with Crippen LogP contribution in [0.5, 0.6) is 5.75 Å². The fraction of sp³-hybridized carbons (Fsp3) is 0.514. The summed E-state index contributed by atoms with van der Waals surface area (Å²) in [4.78, 5) is 65.0. The van der Waals surface area contributed by atoms with Gasteiger partial charge in [-0.1, -0.05) is 56.3 Å². The maximum absolute atomic E-state index is 13.2. The van der Waals surface area contributed by atoms with Gasteiger partial charge in [-0.15, -0.1) is 0 Å². The van der Waals surface area contributed by atoms with Crippen LogP contribution in [0.2, 0.25) is 0 Å². The van der Waals surface area contributed by atoms with Crippen LogP contribution in [0, 0.1) is 5.92 Å². The Labute approximate surface area is 276 Å². The lowest BCUT2D eigenvalue weighted by Crippen LogP contribution is -2.53. The average molecular weight is 653 g/mol. The number of amides is 4. The number of ether oxygens (including phenoxy) is 3. The Kier molecular flexibility index (Phi) is 13.6. The second-order valence-electron chi connectivity index (χ2n) is 13.1. The molecule has 2 aromatic carbocycles. The molecule has 1 saturated heterocycles. The molecule has 1 aliphatic heterocycles. The summed E-state index contributed by atoms with van der Waals surface area (Å²) >= 11 is 0. The first-order valence-corrected chi connectivity index (χ1v) is 16.0. The first-order chi connectivity index (χ1) is 22.2. The maximum atomic E-state index is 13.2. The van der Waals surface area contributed by atoms with Crippen molar-refractivity contribution in [2.45, 2.75) is 90.4 Å². The molecule has 0 bridgehead atoms. The fourth-order valence-electron chi connectivity index (χ4n) is 5.12. The van der Waals surface area contributed by atoms with Crippen LogP contribution in [0.4, 0.5) is 9.59 Å². The van der Waals surface area contributed by atoms with Gasteiger partial charge >= 0.3 is 18.2 Å². The first kappa shape index (κ1) is 36.9. The quantitative estimate of drug-likeness (QED) is 0.289. The number of esters is 1. The van der Waals surface area contributed by atoms with Crippen LogP contribution in [-0.2, 0) is 36.7 Å². The molecule has 12 heteroatoms. The van der Waals surface area contributed by atoms with E-state index in [1.54, 1.807) is 49.9 Å². The van der Waals surface area contributed by atoms with Crippen molar-refractivity contribution in [3.8, 4) is 5.75 Å². The summed E-state index contributed by atoms with van der Waals surface area (Å²) in [7, 11) is 1.23. The van der Waals surface area contributed by atoms with Crippen LogP contribution < -0.4 is 20.7 Å². The smallest absolute Gasteiger partial charge is 0.415 e. The number of benzene rings is 2. The predicted octanol–water partition coefficient (Wildman–Crippen LogP) is 4.15. The van der Waals surface area contributed by atoms with E-state index < -0.39 is 41.7 Å². The standard InChI is InChI=1S/C35H48N4O8/c1-23(2)20-28(38-33(43)47-35(3,4)5)31(41)37-29(32(42)45-6)21-25-12-14-27(15-13-25)46-34(44)39-18-16-26(17-19-39)36-30(40)22-24-10-8-7-9-11-24/h7-15,23,26,28-29H,16-22H2,1-6H3,(H,36,40)(H,37,41)(H,38,43). The minimum absolute atomic E-state index is 0.00784. The van der Waals surface area contributed by atoms with E-state index in [2.05, 4.69) is 16.0 Å². The van der Waals surface area contributed by atoms with E-state index >= 15 is 0 Å². The zero-order chi connectivity index (χ0) is 34.6. The van der Waals surface area contributed by atoms with E-state index in [-0.39, 0.29) is 24.3 Å². The first-order valence-electron chi connectivity index (χ1n) is 16.0. The third-order valence-electron chi connectivity index (χ3n) is 7.41. The highest BCUT2D eigenvalue weighted by molar-refractivity contribution is 5.89. The van der Waals surface area contributed by atoms with Crippen molar-refractivity contribution in [1.82, 2.24) is 20.9 Å². The molecule has 256 valence electrons. The predicted molar refractivity (Wildman–Crippen MR) is 176 cm³/mol. The molecule has 1 heterocycles. The van der Waals surface area contributed by atoms with E-state index in [1.165, 1.54) is 7.11 Å². The van der Waals surface area contributed by atoms with Crippen molar-refractivity contribution in [2.75, 3.05) is 20.2 Å². The van der Waals surface area contributed by atoms with E-state index in [0.29, 0.717) is 50.1 Å². The Bertz CT molecular complexity index is 1350. The third kappa shape index (κ3) is 13.0. The van der Waals surface area contributed by atoms with Crippen LogP contribution in [-0.4, -0.2) is 78.8 Å². The van der Waals surface area contributed by atoms with E-state index in [1.807, 2.05) is 44.2 Å². The van der Waals surface area contributed by atoms with Gasteiger partial charge in [0.15, 0.2) is 0 Å². The molecule has 12 nitrogen and oxygen atoms in total. The Morgan fingerprint density at radius 1 is 0.872 bits per heavy atom. The van der Waals surface area contributed by atoms with Crippen LogP contribution in [0.3, 0.4) is 0 Å². The summed E-state index contributed by atoms with van der Waals surface area (Å²) in [5.41, 5.74) is 0.898. The summed E-state index contributed by atoms with van der Waals surface area (Å²) in [5, 5.41) is 8.36. The lowest BCUT2D eigenvalue weighted by molar-refractivity contribution is -0.145. The van der Waals surface area contributed by atoms with Gasteiger partial charge in [0.25, 0.3) is 0 Å². The molecule has 0 saturated carbocycles. The van der Waals surface area contributed by atoms with Crippen LogP contribution >= 0.6 is 0 Å². The second kappa shape index (κ2) is 17.3. The minimum atomic E-state index is -1.02. The van der Waals surface area contributed by atoms with E-state index in [0.717, 1.165) is 5.56 Å². The van der Waals surface area contributed by atoms with Gasteiger partial charge in [0.1, 0.15) is 23.4 Å². The van der Waals surface area contributed by atoms with Gasteiger partial charge in [0.05, 0.1) is 13.5 Å². The molecule has 0 spiro atoms. The van der Waals surface area contributed by atoms with Gasteiger partial charge in [0.2, 0.25) is 11.8 Å². The molecule has 4 amide bonds. The molecule has 0 aromatic heterocycles. The second-order valence-corrected chi connectivity index (χ2v) is 13.1. The Balaban J connectivity index is 1.52. The van der Waals surface area contributed by atoms with Gasteiger partial charge in [-0.3, -0.25) is 9.59 Å². The summed E-state index contributed by atoms with van der Waals surface area (Å²) in [5.74, 6) is -0.822. The van der Waals surface area contributed by atoms with Crippen LogP contribution in [0.15, 0.2) is 54.6 Å². The Hall–Kier alpha value is -4.61. The summed E-state index contributed by atoms with van der Waals surface area (Å²) in [6, 6.07) is 14.2. The Morgan fingerprint density at radius 3 is 2.09 bits per heavy atom. The summed E-state index contributed by atoms with van der Waals surface area (Å²) in [6.45, 7) is 9.91. The normalized spacial score (nSPS) is 14.8.